The number of benzene rings is 1. The van der Waals surface area contributed by atoms with E-state index in [0.29, 0.717) is 24.3 Å². The molecule has 1 heterocycles. The van der Waals surface area contributed by atoms with Crippen molar-refractivity contribution in [3.63, 3.8) is 0 Å². The van der Waals surface area contributed by atoms with Crippen molar-refractivity contribution >= 4 is 23.1 Å². The van der Waals surface area contributed by atoms with Gasteiger partial charge in [0.2, 0.25) is 0 Å². The summed E-state index contributed by atoms with van der Waals surface area (Å²) in [4.78, 5) is 15.2. The highest BCUT2D eigenvalue weighted by Crippen LogP contribution is 2.16. The van der Waals surface area contributed by atoms with Crippen LogP contribution in [-0.2, 0) is 6.54 Å². The molecule has 0 unspecified atom stereocenters. The molecule has 1 aromatic heterocycles. The number of hydrogen-bond donors (Lipinski definition) is 1. The molecule has 2 aromatic rings. The zero-order chi connectivity index (χ0) is 15.2. The van der Waals surface area contributed by atoms with E-state index in [0.717, 1.165) is 11.3 Å². The van der Waals surface area contributed by atoms with E-state index in [1.807, 2.05) is 24.4 Å². The maximum Gasteiger partial charge on any atom is 0.322 e. The van der Waals surface area contributed by atoms with Gasteiger partial charge in [-0.1, -0.05) is 19.1 Å². The number of carbonyl (C=O) groups excluding carboxylic acids is 1. The largest absolute Gasteiger partial charge is 0.322 e. The molecule has 3 nitrogen and oxygen atoms in total. The minimum atomic E-state index is -0.312. The topological polar surface area (TPSA) is 32.3 Å². The highest BCUT2D eigenvalue weighted by atomic mass is 32.1. The third-order valence-corrected chi connectivity index (χ3v) is 3.99. The second-order valence-corrected chi connectivity index (χ2v) is 5.93. The Kier molecular flexibility index (Phi) is 5.33. The molecule has 1 aromatic carbocycles. The van der Waals surface area contributed by atoms with Gasteiger partial charge < -0.3 is 10.2 Å². The van der Waals surface area contributed by atoms with Gasteiger partial charge in [-0.2, -0.15) is 0 Å². The fourth-order valence-corrected chi connectivity index (χ4v) is 2.71. The van der Waals surface area contributed by atoms with Crippen molar-refractivity contribution in [2.75, 3.05) is 11.9 Å². The molecule has 5 heteroatoms. The molecule has 2 rings (SSSR count). The predicted molar refractivity (Wildman–Crippen MR) is 85.2 cm³/mol. The molecule has 0 saturated heterocycles. The van der Waals surface area contributed by atoms with Crippen molar-refractivity contribution in [1.82, 2.24) is 4.90 Å². The van der Waals surface area contributed by atoms with Crippen molar-refractivity contribution < 1.29 is 9.18 Å². The summed E-state index contributed by atoms with van der Waals surface area (Å²) in [6.07, 6.45) is 0.876. The van der Waals surface area contributed by atoms with Gasteiger partial charge >= 0.3 is 6.03 Å². The maximum absolute atomic E-state index is 13.5. The average Bonchev–Trinajstić information content (AvgIpc) is 2.95. The number of amides is 2. The highest BCUT2D eigenvalue weighted by molar-refractivity contribution is 7.09. The number of aryl methyl sites for hydroxylation is 1. The Morgan fingerprint density at radius 2 is 2.19 bits per heavy atom. The quantitative estimate of drug-likeness (QED) is 0.857. The molecule has 0 bridgehead atoms. The zero-order valence-electron chi connectivity index (χ0n) is 12.2. The van der Waals surface area contributed by atoms with Gasteiger partial charge in [0.05, 0.1) is 6.54 Å². The summed E-state index contributed by atoms with van der Waals surface area (Å²) in [6.45, 7) is 4.96. The summed E-state index contributed by atoms with van der Waals surface area (Å²) in [5, 5.41) is 4.75. The van der Waals surface area contributed by atoms with Crippen LogP contribution in [0.5, 0.6) is 0 Å². The Balaban J connectivity index is 2.05. The molecule has 0 aliphatic rings. The number of halogens is 1. The number of thiophene rings is 1. The molecule has 0 saturated carbocycles. The van der Waals surface area contributed by atoms with Crippen molar-refractivity contribution in [1.29, 1.82) is 0 Å². The second kappa shape index (κ2) is 7.22. The van der Waals surface area contributed by atoms with Gasteiger partial charge in [0, 0.05) is 17.1 Å². The van der Waals surface area contributed by atoms with Crippen LogP contribution in [0.15, 0.2) is 35.7 Å². The number of anilines is 1. The van der Waals surface area contributed by atoms with E-state index < -0.39 is 0 Å². The minimum Gasteiger partial charge on any atom is -0.319 e. The number of hydrogen-bond acceptors (Lipinski definition) is 2. The first-order valence-electron chi connectivity index (χ1n) is 6.94. The molecule has 1 N–H and O–H groups in total. The number of nitrogens with one attached hydrogen (secondary N) is 1. The fraction of sp³-hybridized carbons (Fsp3) is 0.312. The lowest BCUT2D eigenvalue weighted by molar-refractivity contribution is 0.209. The Hall–Kier alpha value is -1.88. The second-order valence-electron chi connectivity index (χ2n) is 4.90. The normalized spacial score (nSPS) is 10.4. The molecule has 112 valence electrons. The van der Waals surface area contributed by atoms with Crippen LogP contribution in [-0.4, -0.2) is 17.5 Å². The van der Waals surface area contributed by atoms with Gasteiger partial charge in [-0.15, -0.1) is 11.3 Å². The first kappa shape index (κ1) is 15.5. The van der Waals surface area contributed by atoms with Crippen LogP contribution in [0, 0.1) is 12.7 Å². The number of urea groups is 1. The first-order valence-corrected chi connectivity index (χ1v) is 7.82. The number of rotatable bonds is 5. The van der Waals surface area contributed by atoms with E-state index in [2.05, 4.69) is 5.32 Å². The Morgan fingerprint density at radius 1 is 1.38 bits per heavy atom. The molecular weight excluding hydrogens is 287 g/mol. The van der Waals surface area contributed by atoms with Crippen LogP contribution in [0.3, 0.4) is 0 Å². The summed E-state index contributed by atoms with van der Waals surface area (Å²) in [6, 6.07) is 8.50. The van der Waals surface area contributed by atoms with Gasteiger partial charge in [-0.25, -0.2) is 9.18 Å². The minimum absolute atomic E-state index is 0.200. The molecule has 0 spiro atoms. The number of nitrogens with zero attached hydrogens (tertiary/aromatic N) is 1. The van der Waals surface area contributed by atoms with Crippen molar-refractivity contribution in [2.24, 2.45) is 0 Å². The summed E-state index contributed by atoms with van der Waals surface area (Å²) >= 11 is 1.62. The van der Waals surface area contributed by atoms with Crippen LogP contribution < -0.4 is 5.32 Å². The highest BCUT2D eigenvalue weighted by Gasteiger charge is 2.14. The molecule has 0 aliphatic carbocycles. The van der Waals surface area contributed by atoms with Crippen molar-refractivity contribution in [3.05, 3.63) is 52.0 Å². The third kappa shape index (κ3) is 4.29. The molecule has 21 heavy (non-hydrogen) atoms. The molecule has 0 atom stereocenters. The smallest absolute Gasteiger partial charge is 0.319 e. The van der Waals surface area contributed by atoms with Crippen molar-refractivity contribution in [2.45, 2.75) is 26.8 Å². The lowest BCUT2D eigenvalue weighted by atomic mass is 10.2. The summed E-state index contributed by atoms with van der Waals surface area (Å²) in [5.41, 5.74) is 1.05. The van der Waals surface area contributed by atoms with Crippen LogP contribution in [0.2, 0.25) is 0 Å². The fourth-order valence-electron chi connectivity index (χ4n) is 1.99. The van der Waals surface area contributed by atoms with Gasteiger partial charge in [-0.3, -0.25) is 0 Å². The molecular formula is C16H19FN2OS. The van der Waals surface area contributed by atoms with Gasteiger partial charge in [0.15, 0.2) is 0 Å². The predicted octanol–water partition coefficient (Wildman–Crippen LogP) is 4.64. The zero-order valence-corrected chi connectivity index (χ0v) is 13.0. The van der Waals surface area contributed by atoms with E-state index in [-0.39, 0.29) is 11.8 Å². The van der Waals surface area contributed by atoms with E-state index in [4.69, 9.17) is 0 Å². The first-order chi connectivity index (χ1) is 10.1. The van der Waals surface area contributed by atoms with Crippen LogP contribution in [0.25, 0.3) is 0 Å². The monoisotopic (exact) mass is 306 g/mol. The van der Waals surface area contributed by atoms with E-state index in [9.17, 15) is 9.18 Å². The lowest BCUT2D eigenvalue weighted by Gasteiger charge is -2.22. The van der Waals surface area contributed by atoms with Gasteiger partial charge in [0.25, 0.3) is 0 Å². The third-order valence-electron chi connectivity index (χ3n) is 3.13. The van der Waals surface area contributed by atoms with Gasteiger partial charge in [-0.05, 0) is 42.5 Å². The molecule has 2 amide bonds. The standard InChI is InChI=1S/C16H19FN2OS/c1-3-8-19(11-14-5-4-9-21-14)16(20)18-13-7-6-12(2)15(17)10-13/h4-7,9-10H,3,8,11H2,1-2H3,(H,18,20). The summed E-state index contributed by atoms with van der Waals surface area (Å²) in [5.74, 6) is -0.312. The van der Waals surface area contributed by atoms with Crippen LogP contribution in [0.1, 0.15) is 23.8 Å². The summed E-state index contributed by atoms with van der Waals surface area (Å²) < 4.78 is 13.5. The van der Waals surface area contributed by atoms with Gasteiger partial charge in [0.1, 0.15) is 5.82 Å². The molecule has 0 aliphatic heterocycles. The summed E-state index contributed by atoms with van der Waals surface area (Å²) in [7, 11) is 0. The maximum atomic E-state index is 13.5. The Labute approximate surface area is 128 Å². The average molecular weight is 306 g/mol. The molecule has 0 radical (unpaired) electrons. The molecule has 0 fully saturated rings. The Bertz CT molecular complexity index is 598. The van der Waals surface area contributed by atoms with Crippen LogP contribution in [0.4, 0.5) is 14.9 Å². The Morgan fingerprint density at radius 3 is 2.81 bits per heavy atom. The SMILES string of the molecule is CCCN(Cc1cccs1)C(=O)Nc1ccc(C)c(F)c1. The van der Waals surface area contributed by atoms with E-state index in [1.54, 1.807) is 35.3 Å². The number of carbonyl (C=O) groups is 1. The van der Waals surface area contributed by atoms with Crippen molar-refractivity contribution in [3.8, 4) is 0 Å². The van der Waals surface area contributed by atoms with E-state index in [1.165, 1.54) is 6.07 Å². The lowest BCUT2D eigenvalue weighted by Crippen LogP contribution is -2.34. The van der Waals surface area contributed by atoms with E-state index >= 15 is 0 Å². The van der Waals surface area contributed by atoms with Crippen LogP contribution >= 0.6 is 11.3 Å².